The normalized spacial score (nSPS) is 29.6. The van der Waals surface area contributed by atoms with Gasteiger partial charge < -0.3 is 10.1 Å². The fourth-order valence-electron chi connectivity index (χ4n) is 2.92. The topological polar surface area (TPSA) is 38.3 Å². The molecule has 96 valence electrons. The Bertz CT molecular complexity index is 468. The van der Waals surface area contributed by atoms with Crippen LogP contribution in [0.1, 0.15) is 28.8 Å². The lowest BCUT2D eigenvalue weighted by Crippen LogP contribution is -2.53. The Morgan fingerprint density at radius 3 is 3.06 bits per heavy atom. The maximum atomic E-state index is 12.2. The molecule has 3 rings (SSSR count). The van der Waals surface area contributed by atoms with Crippen LogP contribution in [0, 0.1) is 12.8 Å². The van der Waals surface area contributed by atoms with Crippen molar-refractivity contribution >= 4 is 17.5 Å². The highest BCUT2D eigenvalue weighted by molar-refractivity contribution is 6.34. The molecule has 0 bridgehead atoms. The quantitative estimate of drug-likeness (QED) is 0.893. The number of aryl methyl sites for hydroxylation is 1. The Balaban J connectivity index is 1.72. The van der Waals surface area contributed by atoms with Crippen molar-refractivity contribution in [3.63, 3.8) is 0 Å². The molecule has 1 aromatic rings. The second-order valence-corrected chi connectivity index (χ2v) is 5.52. The summed E-state index contributed by atoms with van der Waals surface area (Å²) < 4.78 is 5.54. The Hall–Kier alpha value is -1.06. The first-order valence-corrected chi connectivity index (χ1v) is 6.72. The van der Waals surface area contributed by atoms with Crippen LogP contribution >= 0.6 is 11.6 Å². The molecule has 1 N–H and O–H groups in total. The van der Waals surface area contributed by atoms with Crippen LogP contribution in [0.2, 0.25) is 5.02 Å². The summed E-state index contributed by atoms with van der Waals surface area (Å²) in [5.74, 6) is 0.435. The lowest BCUT2D eigenvalue weighted by atomic mass is 9.76. The molecular weight excluding hydrogens is 250 g/mol. The number of carbonyl (C=O) groups is 1. The van der Waals surface area contributed by atoms with Gasteiger partial charge in [0.2, 0.25) is 0 Å². The number of hydrogen-bond acceptors (Lipinski definition) is 2. The van der Waals surface area contributed by atoms with Crippen LogP contribution in [-0.2, 0) is 4.74 Å². The van der Waals surface area contributed by atoms with Crippen LogP contribution in [0.4, 0.5) is 0 Å². The highest BCUT2D eigenvalue weighted by atomic mass is 35.5. The lowest BCUT2D eigenvalue weighted by molar-refractivity contribution is 0.00809. The molecule has 0 aromatic heterocycles. The molecule has 2 aliphatic rings. The third kappa shape index (κ3) is 1.91. The van der Waals surface area contributed by atoms with Gasteiger partial charge in [0.25, 0.3) is 5.91 Å². The van der Waals surface area contributed by atoms with Gasteiger partial charge in [-0.25, -0.2) is 0 Å². The third-order valence-corrected chi connectivity index (χ3v) is 4.34. The van der Waals surface area contributed by atoms with Crippen LogP contribution in [0.15, 0.2) is 18.2 Å². The van der Waals surface area contributed by atoms with Gasteiger partial charge in [-0.1, -0.05) is 23.7 Å². The minimum Gasteiger partial charge on any atom is -0.378 e. The second kappa shape index (κ2) is 4.56. The standard InChI is InChI=1S/C14H16ClNO2/c1-8-3-2-4-10(15)13(8)14(17)16-11-7-12-9(11)5-6-18-12/h2-4,9,11-12H,5-7H2,1H3,(H,16,17)/t9-,11+,12+/m0/s1. The molecule has 4 heteroatoms. The Labute approximate surface area is 111 Å². The maximum Gasteiger partial charge on any atom is 0.253 e. The Kier molecular flexibility index (Phi) is 3.04. The molecule has 1 amide bonds. The van der Waals surface area contributed by atoms with Gasteiger partial charge in [0, 0.05) is 18.6 Å². The first-order chi connectivity index (χ1) is 8.66. The SMILES string of the molecule is Cc1cccc(Cl)c1C(=O)N[C@@H]1C[C@H]2OCC[C@@H]12. The van der Waals surface area contributed by atoms with Gasteiger partial charge in [0.05, 0.1) is 16.7 Å². The monoisotopic (exact) mass is 265 g/mol. The summed E-state index contributed by atoms with van der Waals surface area (Å²) >= 11 is 6.09. The number of amides is 1. The number of benzene rings is 1. The van der Waals surface area contributed by atoms with E-state index in [0.717, 1.165) is 25.0 Å². The first-order valence-electron chi connectivity index (χ1n) is 6.34. The van der Waals surface area contributed by atoms with E-state index in [-0.39, 0.29) is 11.9 Å². The number of ether oxygens (including phenoxy) is 1. The number of fused-ring (bicyclic) bond motifs is 1. The van der Waals surface area contributed by atoms with Crippen molar-refractivity contribution < 1.29 is 9.53 Å². The van der Waals surface area contributed by atoms with Crippen molar-refractivity contribution in [1.29, 1.82) is 0 Å². The molecule has 0 spiro atoms. The molecule has 18 heavy (non-hydrogen) atoms. The van der Waals surface area contributed by atoms with Gasteiger partial charge in [-0.3, -0.25) is 4.79 Å². The summed E-state index contributed by atoms with van der Waals surface area (Å²) in [6.07, 6.45) is 2.35. The Morgan fingerprint density at radius 1 is 1.50 bits per heavy atom. The predicted molar refractivity (Wildman–Crippen MR) is 69.9 cm³/mol. The molecule has 3 nitrogen and oxygen atoms in total. The molecule has 0 radical (unpaired) electrons. The van der Waals surface area contributed by atoms with Crippen LogP contribution in [0.3, 0.4) is 0 Å². The molecule has 1 saturated carbocycles. The first kappa shape index (κ1) is 12.0. The zero-order valence-electron chi connectivity index (χ0n) is 10.3. The van der Waals surface area contributed by atoms with E-state index in [9.17, 15) is 4.79 Å². The van der Waals surface area contributed by atoms with Gasteiger partial charge in [0.1, 0.15) is 0 Å². The summed E-state index contributed by atoms with van der Waals surface area (Å²) in [4.78, 5) is 12.2. The van der Waals surface area contributed by atoms with E-state index in [2.05, 4.69) is 5.32 Å². The fraction of sp³-hybridized carbons (Fsp3) is 0.500. The highest BCUT2D eigenvalue weighted by Gasteiger charge is 2.45. The van der Waals surface area contributed by atoms with Crippen molar-refractivity contribution in [3.8, 4) is 0 Å². The summed E-state index contributed by atoms with van der Waals surface area (Å²) in [5, 5.41) is 3.60. The van der Waals surface area contributed by atoms with E-state index < -0.39 is 0 Å². The second-order valence-electron chi connectivity index (χ2n) is 5.11. The molecule has 1 aromatic carbocycles. The van der Waals surface area contributed by atoms with Gasteiger partial charge >= 0.3 is 0 Å². The van der Waals surface area contributed by atoms with E-state index in [0.29, 0.717) is 22.6 Å². The molecule has 1 heterocycles. The molecule has 1 saturated heterocycles. The molecule has 3 atom stereocenters. The summed E-state index contributed by atoms with van der Waals surface area (Å²) in [6, 6.07) is 5.77. The number of hydrogen-bond donors (Lipinski definition) is 1. The average molecular weight is 266 g/mol. The predicted octanol–water partition coefficient (Wildman–Crippen LogP) is 2.56. The molecule has 1 aliphatic carbocycles. The van der Waals surface area contributed by atoms with Crippen LogP contribution in [-0.4, -0.2) is 24.7 Å². The third-order valence-electron chi connectivity index (χ3n) is 4.03. The molecule has 2 fully saturated rings. The average Bonchev–Trinajstić information content (AvgIpc) is 2.67. The van der Waals surface area contributed by atoms with Crippen LogP contribution < -0.4 is 5.32 Å². The van der Waals surface area contributed by atoms with Crippen molar-refractivity contribution in [1.82, 2.24) is 5.32 Å². The number of carbonyl (C=O) groups excluding carboxylic acids is 1. The minimum absolute atomic E-state index is 0.0616. The summed E-state index contributed by atoms with van der Waals surface area (Å²) in [5.41, 5.74) is 1.51. The Morgan fingerprint density at radius 2 is 2.33 bits per heavy atom. The van der Waals surface area contributed by atoms with Crippen LogP contribution in [0.25, 0.3) is 0 Å². The van der Waals surface area contributed by atoms with Gasteiger partial charge in [-0.05, 0) is 31.4 Å². The number of halogens is 1. The van der Waals surface area contributed by atoms with Crippen molar-refractivity contribution in [3.05, 3.63) is 34.3 Å². The number of nitrogens with one attached hydrogen (secondary N) is 1. The van der Waals surface area contributed by atoms with Gasteiger partial charge in [0.15, 0.2) is 0 Å². The van der Waals surface area contributed by atoms with Crippen LogP contribution in [0.5, 0.6) is 0 Å². The number of rotatable bonds is 2. The van der Waals surface area contributed by atoms with E-state index in [1.165, 1.54) is 0 Å². The zero-order chi connectivity index (χ0) is 12.7. The lowest BCUT2D eigenvalue weighted by Gasteiger charge is -2.39. The van der Waals surface area contributed by atoms with Gasteiger partial charge in [-0.2, -0.15) is 0 Å². The molecular formula is C14H16ClNO2. The van der Waals surface area contributed by atoms with Crippen molar-refractivity contribution in [2.45, 2.75) is 31.9 Å². The minimum atomic E-state index is -0.0616. The molecule has 1 aliphatic heterocycles. The maximum absolute atomic E-state index is 12.2. The van der Waals surface area contributed by atoms with E-state index in [4.69, 9.17) is 16.3 Å². The zero-order valence-corrected chi connectivity index (χ0v) is 11.0. The summed E-state index contributed by atoms with van der Waals surface area (Å²) in [7, 11) is 0. The van der Waals surface area contributed by atoms with Crippen molar-refractivity contribution in [2.24, 2.45) is 5.92 Å². The summed E-state index contributed by atoms with van der Waals surface area (Å²) in [6.45, 7) is 2.73. The highest BCUT2D eigenvalue weighted by Crippen LogP contribution is 2.38. The van der Waals surface area contributed by atoms with E-state index >= 15 is 0 Å². The van der Waals surface area contributed by atoms with Crippen molar-refractivity contribution in [2.75, 3.05) is 6.61 Å². The van der Waals surface area contributed by atoms with E-state index in [1.807, 2.05) is 19.1 Å². The van der Waals surface area contributed by atoms with E-state index in [1.54, 1.807) is 6.07 Å². The van der Waals surface area contributed by atoms with Gasteiger partial charge in [-0.15, -0.1) is 0 Å². The smallest absolute Gasteiger partial charge is 0.253 e. The fourth-order valence-corrected chi connectivity index (χ4v) is 3.23. The molecule has 0 unspecified atom stereocenters. The largest absolute Gasteiger partial charge is 0.378 e.